The van der Waals surface area contributed by atoms with Gasteiger partial charge < -0.3 is 4.74 Å². The summed E-state index contributed by atoms with van der Waals surface area (Å²) in [4.78, 5) is 11.9. The quantitative estimate of drug-likeness (QED) is 0.735. The van der Waals surface area contributed by atoms with Crippen molar-refractivity contribution >= 4 is 22.3 Å². The number of halogens is 3. The Balaban J connectivity index is 2.44. The molecule has 0 spiro atoms. The Labute approximate surface area is 147 Å². The van der Waals surface area contributed by atoms with E-state index in [4.69, 9.17) is 4.74 Å². The average Bonchev–Trinajstić information content (AvgIpc) is 2.55. The lowest BCUT2D eigenvalue weighted by Gasteiger charge is -2.13. The predicted octanol–water partition coefficient (Wildman–Crippen LogP) is 2.61. The molecule has 26 heavy (non-hydrogen) atoms. The summed E-state index contributed by atoms with van der Waals surface area (Å²) in [6, 6.07) is 8.92. The van der Waals surface area contributed by atoms with Gasteiger partial charge in [-0.2, -0.15) is 21.6 Å². The van der Waals surface area contributed by atoms with E-state index < -0.39 is 21.2 Å². The molecule has 1 heterocycles. The van der Waals surface area contributed by atoms with Crippen molar-refractivity contribution in [1.29, 1.82) is 0 Å². The van der Waals surface area contributed by atoms with E-state index in [9.17, 15) is 26.4 Å². The highest BCUT2D eigenvalue weighted by atomic mass is 32.2. The van der Waals surface area contributed by atoms with Crippen LogP contribution in [0.3, 0.4) is 0 Å². The first-order chi connectivity index (χ1) is 12.0. The predicted molar refractivity (Wildman–Crippen MR) is 88.9 cm³/mol. The highest BCUT2D eigenvalue weighted by Gasteiger charge is 2.49. The lowest BCUT2D eigenvalue weighted by Crippen LogP contribution is -2.38. The van der Waals surface area contributed by atoms with Crippen molar-refractivity contribution in [3.05, 3.63) is 63.6 Å². The van der Waals surface area contributed by atoms with Crippen LogP contribution in [0.5, 0.6) is 5.75 Å². The van der Waals surface area contributed by atoms with Gasteiger partial charge in [-0.25, -0.2) is 0 Å². The van der Waals surface area contributed by atoms with Crippen molar-refractivity contribution in [3.63, 3.8) is 0 Å². The van der Waals surface area contributed by atoms with Crippen LogP contribution in [0.25, 0.3) is 12.2 Å². The van der Waals surface area contributed by atoms with Gasteiger partial charge in [-0.05, 0) is 42.3 Å². The molecule has 0 radical (unpaired) electrons. The molecule has 0 aliphatic carbocycles. The van der Waals surface area contributed by atoms with Crippen LogP contribution in [0, 0.1) is 6.92 Å². The third-order valence-electron chi connectivity index (χ3n) is 3.18. The maximum absolute atomic E-state index is 12.5. The van der Waals surface area contributed by atoms with E-state index >= 15 is 0 Å². The molecule has 1 aromatic carbocycles. The second-order valence-corrected chi connectivity index (χ2v) is 6.69. The van der Waals surface area contributed by atoms with Gasteiger partial charge in [-0.3, -0.25) is 9.08 Å². The molecule has 10 heteroatoms. The van der Waals surface area contributed by atoms with E-state index in [1.807, 2.05) is 0 Å². The number of hydrogen-bond donors (Lipinski definition) is 0. The molecular weight excluding hydrogens is 375 g/mol. The van der Waals surface area contributed by atoms with Gasteiger partial charge in [-0.15, -0.1) is 4.73 Å². The third-order valence-corrected chi connectivity index (χ3v) is 4.09. The van der Waals surface area contributed by atoms with E-state index in [0.29, 0.717) is 16.9 Å². The van der Waals surface area contributed by atoms with Gasteiger partial charge in [0.25, 0.3) is 5.56 Å². The number of hydrogen-bond acceptors (Lipinski definition) is 5. The summed E-state index contributed by atoms with van der Waals surface area (Å²) < 4.78 is 69.1. The summed E-state index contributed by atoms with van der Waals surface area (Å²) in [6.07, 6.45) is 2.75. The van der Waals surface area contributed by atoms with Gasteiger partial charge in [0.1, 0.15) is 5.75 Å². The van der Waals surface area contributed by atoms with Gasteiger partial charge in [0.2, 0.25) is 0 Å². The van der Waals surface area contributed by atoms with E-state index in [-0.39, 0.29) is 10.4 Å². The molecule has 0 aliphatic rings. The Morgan fingerprint density at radius 3 is 2.23 bits per heavy atom. The lowest BCUT2D eigenvalue weighted by atomic mass is 10.1. The zero-order valence-corrected chi connectivity index (χ0v) is 14.5. The summed E-state index contributed by atoms with van der Waals surface area (Å²) in [5.74, 6) is 0.606. The molecule has 0 aliphatic heterocycles. The highest BCUT2D eigenvalue weighted by Crippen LogP contribution is 2.23. The molecule has 0 amide bonds. The molecule has 0 saturated carbocycles. The molecule has 1 aromatic heterocycles. The fourth-order valence-electron chi connectivity index (χ4n) is 1.95. The van der Waals surface area contributed by atoms with Gasteiger partial charge in [0.05, 0.1) is 12.8 Å². The Morgan fingerprint density at radius 2 is 1.69 bits per heavy atom. The molecule has 0 atom stereocenters. The number of pyridine rings is 1. The van der Waals surface area contributed by atoms with Crippen molar-refractivity contribution in [3.8, 4) is 5.75 Å². The third kappa shape index (κ3) is 4.45. The van der Waals surface area contributed by atoms with E-state index in [1.165, 1.54) is 32.3 Å². The first-order valence-corrected chi connectivity index (χ1v) is 8.51. The average molecular weight is 389 g/mol. The zero-order valence-electron chi connectivity index (χ0n) is 13.6. The van der Waals surface area contributed by atoms with Crippen molar-refractivity contribution in [2.24, 2.45) is 0 Å². The van der Waals surface area contributed by atoms with Crippen molar-refractivity contribution in [1.82, 2.24) is 4.73 Å². The van der Waals surface area contributed by atoms with Crippen LogP contribution in [0.2, 0.25) is 0 Å². The van der Waals surface area contributed by atoms with Gasteiger partial charge in [0, 0.05) is 6.07 Å². The van der Waals surface area contributed by atoms with Crippen LogP contribution in [-0.4, -0.2) is 25.8 Å². The number of ether oxygens (including phenoxy) is 1. The second-order valence-electron chi connectivity index (χ2n) is 5.17. The topological polar surface area (TPSA) is 74.6 Å². The molecule has 140 valence electrons. The Morgan fingerprint density at radius 1 is 1.08 bits per heavy atom. The Kier molecular flexibility index (Phi) is 5.45. The zero-order chi connectivity index (χ0) is 19.5. The minimum absolute atomic E-state index is 0.0792. The largest absolute Gasteiger partial charge is 0.536 e. The fourth-order valence-corrected chi connectivity index (χ4v) is 2.39. The molecule has 0 saturated heterocycles. The molecule has 0 N–H and O–H groups in total. The molecule has 2 aromatic rings. The minimum atomic E-state index is -5.99. The number of aromatic nitrogens is 1. The van der Waals surface area contributed by atoms with Crippen LogP contribution >= 0.6 is 0 Å². The Hall–Kier alpha value is -2.75. The number of nitrogens with zero attached hydrogens (tertiary/aromatic N) is 1. The van der Waals surface area contributed by atoms with Crippen LogP contribution < -0.4 is 14.6 Å². The van der Waals surface area contributed by atoms with Crippen molar-refractivity contribution < 1.29 is 30.6 Å². The number of alkyl halides is 3. The normalized spacial score (nSPS) is 12.3. The van der Waals surface area contributed by atoms with E-state index in [2.05, 4.69) is 4.28 Å². The Bertz CT molecular complexity index is 976. The number of methoxy groups -OCH3 is 1. The maximum Gasteiger partial charge on any atom is 0.536 e. The number of benzene rings is 1. The van der Waals surface area contributed by atoms with Gasteiger partial charge >= 0.3 is 15.6 Å². The van der Waals surface area contributed by atoms with E-state index in [0.717, 1.165) is 6.07 Å². The van der Waals surface area contributed by atoms with Crippen LogP contribution in [0.15, 0.2) is 41.2 Å². The highest BCUT2D eigenvalue weighted by molar-refractivity contribution is 7.87. The van der Waals surface area contributed by atoms with Crippen LogP contribution in [0.1, 0.15) is 16.8 Å². The van der Waals surface area contributed by atoms with E-state index in [1.54, 1.807) is 24.3 Å². The standard InChI is InChI=1S/C16H14F3NO5S/c1-11-9-13(6-3-12-4-7-14(24-2)8-5-12)20(15(21)10-11)25-26(22,23)16(17,18)19/h3-10H,1-2H3. The summed E-state index contributed by atoms with van der Waals surface area (Å²) in [6.45, 7) is 1.54. The molecule has 2 rings (SSSR count). The van der Waals surface area contributed by atoms with Crippen molar-refractivity contribution in [2.75, 3.05) is 7.11 Å². The fraction of sp³-hybridized carbons (Fsp3) is 0.188. The first kappa shape index (κ1) is 19.6. The van der Waals surface area contributed by atoms with Crippen LogP contribution in [0.4, 0.5) is 13.2 Å². The molecular formula is C16H14F3NO5S. The summed E-state index contributed by atoms with van der Waals surface area (Å²) in [7, 11) is -4.49. The number of rotatable bonds is 5. The smallest absolute Gasteiger partial charge is 0.497 e. The molecule has 0 fully saturated rings. The summed E-state index contributed by atoms with van der Waals surface area (Å²) >= 11 is 0. The molecule has 6 nitrogen and oxygen atoms in total. The number of aryl methyl sites for hydroxylation is 1. The SMILES string of the molecule is COc1ccc(C=Cc2cc(C)cc(=O)n2OS(=O)(=O)C(F)(F)F)cc1. The molecule has 0 unspecified atom stereocenters. The molecule has 0 bridgehead atoms. The summed E-state index contributed by atoms with van der Waals surface area (Å²) in [5, 5.41) is 0. The first-order valence-electron chi connectivity index (χ1n) is 7.10. The second kappa shape index (κ2) is 7.24. The maximum atomic E-state index is 12.5. The lowest BCUT2D eigenvalue weighted by molar-refractivity contribution is -0.0549. The van der Waals surface area contributed by atoms with Gasteiger partial charge in [-0.1, -0.05) is 18.2 Å². The van der Waals surface area contributed by atoms with Crippen LogP contribution in [-0.2, 0) is 10.1 Å². The summed E-state index contributed by atoms with van der Waals surface area (Å²) in [5.41, 5.74) is -5.81. The minimum Gasteiger partial charge on any atom is -0.497 e. The van der Waals surface area contributed by atoms with Crippen molar-refractivity contribution in [2.45, 2.75) is 12.4 Å². The monoisotopic (exact) mass is 389 g/mol. The van der Waals surface area contributed by atoms with Gasteiger partial charge in [0.15, 0.2) is 0 Å².